The molecule has 0 radical (unpaired) electrons. The molecule has 0 N–H and O–H groups in total. The van der Waals surface area contributed by atoms with Crippen LogP contribution in [0, 0.1) is 0 Å². The Hall–Kier alpha value is -4.10. The maximum atomic E-state index is 6.81. The van der Waals surface area contributed by atoms with Crippen molar-refractivity contribution in [3.63, 3.8) is 0 Å². The van der Waals surface area contributed by atoms with Crippen LogP contribution in [0.4, 0.5) is 0 Å². The fourth-order valence-corrected chi connectivity index (χ4v) is 27.3. The van der Waals surface area contributed by atoms with Crippen LogP contribution in [0.25, 0.3) is 44.2 Å². The first-order chi connectivity index (χ1) is 27.3. The van der Waals surface area contributed by atoms with Crippen LogP contribution >= 0.6 is 36.4 Å². The van der Waals surface area contributed by atoms with E-state index < -0.39 is 18.3 Å². The van der Waals surface area contributed by atoms with E-state index in [1.807, 2.05) is 0 Å². The molecule has 0 nitrogen and oxygen atoms in total. The molecule has 0 saturated heterocycles. The van der Waals surface area contributed by atoms with Crippen LogP contribution in [-0.2, 0) is 35.5 Å². The molecule has 2 aliphatic rings. The molecule has 0 amide bonds. The van der Waals surface area contributed by atoms with Gasteiger partial charge >= 0.3 is 348 Å². The molecule has 0 bridgehead atoms. The van der Waals surface area contributed by atoms with Gasteiger partial charge in [-0.1, -0.05) is 0 Å². The van der Waals surface area contributed by atoms with Gasteiger partial charge in [0.15, 0.2) is 0 Å². The standard InChI is InChI=1S/C33H33.C10H7.C6H4Cl.C5H5.CH2.2ClH.Zr/c1-32(2,3)30-20-26-24(18-28(30)22-13-9-7-10-14-22)17-25-19-29(23-15-11-8-12-16-23)31(21-27(25)26)33(4,5)6;1-2-6-10-8-4-3-7-9(10)5-1;7-6-4-2-1-3-5-6;1-2-4-5-3-1;;;;/h7-16,18,20-21H,17H2,1-6H3;1-7H;2-5H;1-3H,4H2;1H2;2*1H;. The molecular weight excluding hydrogens is 858 g/mol. The Bertz CT molecular complexity index is 2850. The third kappa shape index (κ3) is 6.82. The van der Waals surface area contributed by atoms with E-state index in [4.69, 9.17) is 15.8 Å². The molecule has 0 saturated carbocycles. The number of hydrogen-bond acceptors (Lipinski definition) is 0. The summed E-state index contributed by atoms with van der Waals surface area (Å²) in [6.45, 7) is 14.2. The number of halogens is 3. The van der Waals surface area contributed by atoms with Crippen LogP contribution in [0.2, 0.25) is 5.02 Å². The van der Waals surface area contributed by atoms with Gasteiger partial charge < -0.3 is 0 Å². The summed E-state index contributed by atoms with van der Waals surface area (Å²) in [7, 11) is 0. The van der Waals surface area contributed by atoms with Crippen LogP contribution in [0.5, 0.6) is 0 Å². The third-order valence-corrected chi connectivity index (χ3v) is 29.7. The normalized spacial score (nSPS) is 13.7. The predicted octanol–water partition coefficient (Wildman–Crippen LogP) is 14.1. The fraction of sp³-hybridized carbons (Fsp3) is 0.182. The molecular formula is C55H53Cl3Zr. The van der Waals surface area contributed by atoms with Crippen molar-refractivity contribution >= 4 is 61.2 Å². The predicted molar refractivity (Wildman–Crippen MR) is 261 cm³/mol. The molecule has 4 heteroatoms. The van der Waals surface area contributed by atoms with Gasteiger partial charge in [0.25, 0.3) is 0 Å². The van der Waals surface area contributed by atoms with Crippen molar-refractivity contribution in [1.82, 2.24) is 0 Å². The summed E-state index contributed by atoms with van der Waals surface area (Å²) in [5, 5.41) is 3.27. The quantitative estimate of drug-likeness (QED) is 0.156. The number of allylic oxidation sites excluding steroid dienone is 4. The molecule has 0 aromatic heterocycles. The van der Waals surface area contributed by atoms with Crippen molar-refractivity contribution in [2.45, 2.75) is 65.2 Å². The van der Waals surface area contributed by atoms with E-state index in [9.17, 15) is 0 Å². The summed E-state index contributed by atoms with van der Waals surface area (Å²) < 4.78 is 11.6. The molecule has 0 aliphatic heterocycles. The summed E-state index contributed by atoms with van der Waals surface area (Å²) in [5.41, 5.74) is 13.2. The molecule has 7 aromatic carbocycles. The average Bonchev–Trinajstić information content (AvgIpc) is 3.89. The van der Waals surface area contributed by atoms with Gasteiger partial charge in [-0.3, -0.25) is 0 Å². The molecule has 0 unspecified atom stereocenters. The second-order valence-electron chi connectivity index (χ2n) is 18.5. The SMILES string of the molecule is Cl.Cl.[CH2]=[Zr]([C]1=CC=CC1)([c]1ccc(Cl)cc1)([c]1c2c(cc(C(C)(C)C)c1-c1ccccc1)-c1cc(C(C)(C)C)c(-c3ccccc3)cc1C2)[c]1cccc2ccccc12. The van der Waals surface area contributed by atoms with E-state index in [0.29, 0.717) is 0 Å². The van der Waals surface area contributed by atoms with Crippen LogP contribution < -0.4 is 9.81 Å². The molecule has 59 heavy (non-hydrogen) atoms. The van der Waals surface area contributed by atoms with Crippen molar-refractivity contribution in [3.8, 4) is 33.4 Å². The molecule has 2 aliphatic carbocycles. The zero-order valence-electron chi connectivity index (χ0n) is 34.9. The van der Waals surface area contributed by atoms with Crippen LogP contribution in [-0.4, -0.2) is 4.21 Å². The third-order valence-electron chi connectivity index (χ3n) is 13.0. The van der Waals surface area contributed by atoms with Crippen LogP contribution in [0.3, 0.4) is 0 Å². The fourth-order valence-electron chi connectivity index (χ4n) is 10.3. The number of rotatable bonds is 6. The molecule has 0 atom stereocenters. The maximum absolute atomic E-state index is 6.81. The molecule has 0 heterocycles. The Balaban J connectivity index is 0.00000264. The van der Waals surface area contributed by atoms with Gasteiger partial charge in [0, 0.05) is 0 Å². The molecule has 0 spiro atoms. The summed E-state index contributed by atoms with van der Waals surface area (Å²) in [5.74, 6) is 0. The summed E-state index contributed by atoms with van der Waals surface area (Å²) >= 11 is 1.43. The Kier molecular flexibility index (Phi) is 11.5. The first-order valence-corrected chi connectivity index (χ1v) is 27.4. The van der Waals surface area contributed by atoms with Crippen LogP contribution in [0.1, 0.15) is 70.2 Å². The zero-order valence-corrected chi connectivity index (χ0v) is 39.8. The van der Waals surface area contributed by atoms with Gasteiger partial charge in [-0.15, -0.1) is 24.8 Å². The average molecular weight is 912 g/mol. The summed E-state index contributed by atoms with van der Waals surface area (Å²) in [6.07, 6.45) is 8.77. The van der Waals surface area contributed by atoms with E-state index in [1.165, 1.54) is 79.5 Å². The minimum atomic E-state index is -5.38. The van der Waals surface area contributed by atoms with Gasteiger partial charge in [-0.2, -0.15) is 0 Å². The number of fused-ring (bicyclic) bond motifs is 4. The van der Waals surface area contributed by atoms with Crippen molar-refractivity contribution in [1.29, 1.82) is 0 Å². The Morgan fingerprint density at radius 2 is 1.19 bits per heavy atom. The van der Waals surface area contributed by atoms with Crippen LogP contribution in [0.15, 0.2) is 167 Å². The second kappa shape index (κ2) is 15.7. The molecule has 7 aromatic rings. The van der Waals surface area contributed by atoms with Gasteiger partial charge in [0.1, 0.15) is 0 Å². The van der Waals surface area contributed by atoms with E-state index in [-0.39, 0.29) is 35.6 Å². The monoisotopic (exact) mass is 908 g/mol. The summed E-state index contributed by atoms with van der Waals surface area (Å²) in [6, 6.07) is 54.7. The Labute approximate surface area is 369 Å². The van der Waals surface area contributed by atoms with Crippen molar-refractivity contribution in [2.75, 3.05) is 0 Å². The zero-order chi connectivity index (χ0) is 39.8. The Morgan fingerprint density at radius 3 is 1.81 bits per heavy atom. The first-order valence-electron chi connectivity index (χ1n) is 20.4. The summed E-state index contributed by atoms with van der Waals surface area (Å²) in [4.78, 5) is 0. The van der Waals surface area contributed by atoms with E-state index in [0.717, 1.165) is 17.9 Å². The van der Waals surface area contributed by atoms with E-state index in [1.54, 1.807) is 0 Å². The molecule has 9 rings (SSSR count). The van der Waals surface area contributed by atoms with Crippen molar-refractivity contribution in [2.24, 2.45) is 0 Å². The van der Waals surface area contributed by atoms with Gasteiger partial charge in [0.05, 0.1) is 0 Å². The molecule has 0 fully saturated rings. The van der Waals surface area contributed by atoms with Gasteiger partial charge in [-0.05, 0) is 0 Å². The molecule has 298 valence electrons. The van der Waals surface area contributed by atoms with Gasteiger partial charge in [0.2, 0.25) is 0 Å². The van der Waals surface area contributed by atoms with E-state index in [2.05, 4.69) is 205 Å². The van der Waals surface area contributed by atoms with E-state index >= 15 is 0 Å². The first kappa shape index (κ1) is 43.0. The van der Waals surface area contributed by atoms with Crippen molar-refractivity contribution in [3.05, 3.63) is 194 Å². The second-order valence-corrected chi connectivity index (χ2v) is 31.6. The number of benzene rings is 7. The topological polar surface area (TPSA) is 0 Å². The van der Waals surface area contributed by atoms with Crippen molar-refractivity contribution < 1.29 is 18.3 Å². The van der Waals surface area contributed by atoms with Gasteiger partial charge in [-0.25, -0.2) is 0 Å². The Morgan fingerprint density at radius 1 is 0.593 bits per heavy atom. The minimum absolute atomic E-state index is 0. The number of hydrogen-bond donors (Lipinski definition) is 0.